The number of benzene rings is 1. The van der Waals surface area contributed by atoms with E-state index in [0.717, 1.165) is 18.4 Å². The highest BCUT2D eigenvalue weighted by atomic mass is 16.5. The maximum Gasteiger partial charge on any atom is 0.318 e. The number of methoxy groups -OCH3 is 2. The minimum absolute atomic E-state index is 0.109. The van der Waals surface area contributed by atoms with Crippen molar-refractivity contribution in [2.75, 3.05) is 40.4 Å². The lowest BCUT2D eigenvalue weighted by Crippen LogP contribution is -2.54. The molecule has 0 radical (unpaired) electrons. The molecule has 8 heteroatoms. The molecule has 0 atom stereocenters. The van der Waals surface area contributed by atoms with Crippen LogP contribution < -0.4 is 14.8 Å². The fourth-order valence-electron chi connectivity index (χ4n) is 3.70. The number of nitrogens with zero attached hydrogens (tertiary/aromatic N) is 2. The van der Waals surface area contributed by atoms with Gasteiger partial charge in [0.05, 0.1) is 26.0 Å². The third kappa shape index (κ3) is 3.74. The summed E-state index contributed by atoms with van der Waals surface area (Å²) in [5, 5.41) is 3.18. The number of urea groups is 1. The van der Waals surface area contributed by atoms with Gasteiger partial charge < -0.3 is 29.0 Å². The molecule has 2 aliphatic rings. The number of furan rings is 1. The number of carbonyl (C=O) groups excluding carboxylic acids is 2. The van der Waals surface area contributed by atoms with Crippen molar-refractivity contribution in [1.29, 1.82) is 0 Å². The summed E-state index contributed by atoms with van der Waals surface area (Å²) < 4.78 is 15.9. The van der Waals surface area contributed by atoms with Gasteiger partial charge in [-0.15, -0.1) is 0 Å². The van der Waals surface area contributed by atoms with Crippen molar-refractivity contribution in [1.82, 2.24) is 15.1 Å². The number of hydrogen-bond acceptors (Lipinski definition) is 5. The Kier molecular flexibility index (Phi) is 5.08. The van der Waals surface area contributed by atoms with E-state index in [1.165, 1.54) is 6.26 Å². The average Bonchev–Trinajstić information content (AvgIpc) is 3.33. The lowest BCUT2D eigenvalue weighted by molar-refractivity contribution is 0.0632. The molecule has 1 saturated heterocycles. The van der Waals surface area contributed by atoms with Crippen LogP contribution in [0.2, 0.25) is 0 Å². The van der Waals surface area contributed by atoms with Crippen molar-refractivity contribution >= 4 is 11.9 Å². The van der Waals surface area contributed by atoms with E-state index in [1.807, 2.05) is 18.2 Å². The molecule has 1 aromatic carbocycles. The average molecular weight is 399 g/mol. The van der Waals surface area contributed by atoms with Crippen molar-refractivity contribution in [3.05, 3.63) is 47.9 Å². The Balaban J connectivity index is 1.37. The molecule has 1 aliphatic carbocycles. The lowest BCUT2D eigenvalue weighted by atomic mass is 10.0. The lowest BCUT2D eigenvalue weighted by Gasteiger charge is -2.35. The van der Waals surface area contributed by atoms with Gasteiger partial charge in [0, 0.05) is 26.2 Å². The zero-order valence-corrected chi connectivity index (χ0v) is 16.6. The molecule has 29 heavy (non-hydrogen) atoms. The van der Waals surface area contributed by atoms with Crippen LogP contribution in [0.15, 0.2) is 41.0 Å². The van der Waals surface area contributed by atoms with Gasteiger partial charge in [-0.25, -0.2) is 4.79 Å². The second-order valence-electron chi connectivity index (χ2n) is 7.34. The topological polar surface area (TPSA) is 84.3 Å². The van der Waals surface area contributed by atoms with E-state index in [4.69, 9.17) is 13.9 Å². The van der Waals surface area contributed by atoms with Gasteiger partial charge in [-0.1, -0.05) is 6.07 Å². The number of hydrogen-bond donors (Lipinski definition) is 1. The summed E-state index contributed by atoms with van der Waals surface area (Å²) in [6, 6.07) is 8.99. The van der Waals surface area contributed by atoms with Crippen LogP contribution >= 0.6 is 0 Å². The van der Waals surface area contributed by atoms with E-state index >= 15 is 0 Å². The highest BCUT2D eigenvalue weighted by Crippen LogP contribution is 2.47. The number of rotatable bonds is 5. The van der Waals surface area contributed by atoms with Crippen LogP contribution in [0.4, 0.5) is 4.79 Å². The number of carbonyl (C=O) groups is 2. The largest absolute Gasteiger partial charge is 0.493 e. The standard InChI is InChI=1S/C21H25N3O5/c1-27-16-6-5-15(14-18(16)28-2)21(7-8-21)22-20(26)24-11-9-23(10-12-24)19(25)17-4-3-13-29-17/h3-6,13-14H,7-12H2,1-2H3,(H,22,26). The van der Waals surface area contributed by atoms with Gasteiger partial charge in [-0.05, 0) is 42.7 Å². The molecule has 2 fully saturated rings. The summed E-state index contributed by atoms with van der Waals surface area (Å²) in [5.41, 5.74) is 0.646. The fraction of sp³-hybridized carbons (Fsp3) is 0.429. The maximum atomic E-state index is 12.8. The number of piperazine rings is 1. The van der Waals surface area contributed by atoms with E-state index in [-0.39, 0.29) is 17.5 Å². The minimum Gasteiger partial charge on any atom is -0.493 e. The smallest absolute Gasteiger partial charge is 0.318 e. The molecule has 0 spiro atoms. The number of amides is 3. The highest BCUT2D eigenvalue weighted by molar-refractivity contribution is 5.91. The third-order valence-corrected chi connectivity index (χ3v) is 5.62. The zero-order chi connectivity index (χ0) is 20.4. The van der Waals surface area contributed by atoms with Gasteiger partial charge in [0.1, 0.15) is 0 Å². The second-order valence-corrected chi connectivity index (χ2v) is 7.34. The SMILES string of the molecule is COc1ccc(C2(NC(=O)N3CCN(C(=O)c4ccco4)CC3)CC2)cc1OC. The Bertz CT molecular complexity index is 884. The first-order chi connectivity index (χ1) is 14.1. The van der Waals surface area contributed by atoms with Crippen LogP contribution in [-0.2, 0) is 5.54 Å². The van der Waals surface area contributed by atoms with E-state index in [1.54, 1.807) is 36.2 Å². The molecule has 4 rings (SSSR count). The van der Waals surface area contributed by atoms with Crippen LogP contribution in [0, 0.1) is 0 Å². The van der Waals surface area contributed by atoms with Crippen molar-refractivity contribution < 1.29 is 23.5 Å². The molecule has 1 N–H and O–H groups in total. The molecule has 8 nitrogen and oxygen atoms in total. The monoisotopic (exact) mass is 399 g/mol. The first-order valence-corrected chi connectivity index (χ1v) is 9.69. The zero-order valence-electron chi connectivity index (χ0n) is 16.6. The Morgan fingerprint density at radius 3 is 2.28 bits per heavy atom. The van der Waals surface area contributed by atoms with Crippen LogP contribution in [0.1, 0.15) is 29.0 Å². The van der Waals surface area contributed by atoms with E-state index in [2.05, 4.69) is 5.32 Å². The first-order valence-electron chi connectivity index (χ1n) is 9.69. The number of ether oxygens (including phenoxy) is 2. The van der Waals surface area contributed by atoms with Gasteiger partial charge in [0.25, 0.3) is 5.91 Å². The molecule has 3 amide bonds. The third-order valence-electron chi connectivity index (χ3n) is 5.62. The summed E-state index contributed by atoms with van der Waals surface area (Å²) in [7, 11) is 3.20. The number of nitrogens with one attached hydrogen (secondary N) is 1. The summed E-state index contributed by atoms with van der Waals surface area (Å²) >= 11 is 0. The quantitative estimate of drug-likeness (QED) is 0.835. The summed E-state index contributed by atoms with van der Waals surface area (Å²) in [4.78, 5) is 28.7. The molecule has 0 bridgehead atoms. The molecule has 1 saturated carbocycles. The Morgan fingerprint density at radius 1 is 1.00 bits per heavy atom. The Hall–Kier alpha value is -3.16. The molecule has 0 unspecified atom stereocenters. The summed E-state index contributed by atoms with van der Waals surface area (Å²) in [6.45, 7) is 1.94. The van der Waals surface area contributed by atoms with Gasteiger partial charge in [-0.2, -0.15) is 0 Å². The highest BCUT2D eigenvalue weighted by Gasteiger charge is 2.47. The molecule has 2 heterocycles. The van der Waals surface area contributed by atoms with Gasteiger partial charge >= 0.3 is 6.03 Å². The molecule has 154 valence electrons. The van der Waals surface area contributed by atoms with Crippen LogP contribution in [0.3, 0.4) is 0 Å². The predicted octanol–water partition coefficient (Wildman–Crippen LogP) is 2.45. The molecular weight excluding hydrogens is 374 g/mol. The Morgan fingerprint density at radius 2 is 1.69 bits per heavy atom. The Labute approximate surface area is 169 Å². The van der Waals surface area contributed by atoms with Crippen LogP contribution in [0.25, 0.3) is 0 Å². The minimum atomic E-state index is -0.363. The fourth-order valence-corrected chi connectivity index (χ4v) is 3.70. The van der Waals surface area contributed by atoms with Crippen LogP contribution in [-0.4, -0.2) is 62.1 Å². The first kappa shape index (κ1) is 19.2. The maximum absolute atomic E-state index is 12.8. The van der Waals surface area contributed by atoms with E-state index < -0.39 is 0 Å². The molecule has 1 aromatic heterocycles. The normalized spacial score (nSPS) is 17.6. The second kappa shape index (κ2) is 7.69. The van der Waals surface area contributed by atoms with E-state index in [0.29, 0.717) is 43.4 Å². The van der Waals surface area contributed by atoms with Gasteiger partial charge in [0.2, 0.25) is 0 Å². The van der Waals surface area contributed by atoms with Crippen molar-refractivity contribution in [2.24, 2.45) is 0 Å². The van der Waals surface area contributed by atoms with E-state index in [9.17, 15) is 9.59 Å². The molecule has 1 aliphatic heterocycles. The van der Waals surface area contributed by atoms with Crippen LogP contribution in [0.5, 0.6) is 11.5 Å². The van der Waals surface area contributed by atoms with Crippen molar-refractivity contribution in [3.8, 4) is 11.5 Å². The van der Waals surface area contributed by atoms with Gasteiger partial charge in [0.15, 0.2) is 17.3 Å². The van der Waals surface area contributed by atoms with Gasteiger partial charge in [-0.3, -0.25) is 4.79 Å². The van der Waals surface area contributed by atoms with Crippen molar-refractivity contribution in [3.63, 3.8) is 0 Å². The summed E-state index contributed by atoms with van der Waals surface area (Å²) in [6.07, 6.45) is 3.25. The molecular formula is C21H25N3O5. The molecule has 2 aromatic rings. The predicted molar refractivity (Wildman–Crippen MR) is 105 cm³/mol. The van der Waals surface area contributed by atoms with Crippen molar-refractivity contribution in [2.45, 2.75) is 18.4 Å². The summed E-state index contributed by atoms with van der Waals surface area (Å²) in [5.74, 6) is 1.50.